The summed E-state index contributed by atoms with van der Waals surface area (Å²) in [6, 6.07) is 2.22. The predicted octanol–water partition coefficient (Wildman–Crippen LogP) is 2.93. The summed E-state index contributed by atoms with van der Waals surface area (Å²) in [5.74, 6) is 0. The molecular formula is C12H19ClN2. The fourth-order valence-corrected chi connectivity index (χ4v) is 2.44. The maximum Gasteiger partial charge on any atom is 0.0624 e. The van der Waals surface area contributed by atoms with Crippen molar-refractivity contribution in [2.45, 2.75) is 44.9 Å². The third-order valence-electron chi connectivity index (χ3n) is 3.66. The monoisotopic (exact) mass is 226 g/mol. The third-order valence-corrected chi connectivity index (χ3v) is 4.12. The Morgan fingerprint density at radius 2 is 2.27 bits per heavy atom. The second-order valence-electron chi connectivity index (χ2n) is 4.76. The fourth-order valence-electron chi connectivity index (χ4n) is 2.15. The van der Waals surface area contributed by atoms with Crippen LogP contribution in [0.5, 0.6) is 0 Å². The van der Waals surface area contributed by atoms with Crippen molar-refractivity contribution in [2.24, 2.45) is 12.5 Å². The quantitative estimate of drug-likeness (QED) is 0.722. The van der Waals surface area contributed by atoms with E-state index < -0.39 is 0 Å². The number of aryl methyl sites for hydroxylation is 2. The molecule has 1 aliphatic carbocycles. The minimum Gasteiger partial charge on any atom is -0.272 e. The van der Waals surface area contributed by atoms with Crippen LogP contribution in [-0.4, -0.2) is 15.2 Å². The smallest absolute Gasteiger partial charge is 0.0624 e. The van der Waals surface area contributed by atoms with Gasteiger partial charge in [0.25, 0.3) is 0 Å². The summed E-state index contributed by atoms with van der Waals surface area (Å²) >= 11 is 6.25. The van der Waals surface area contributed by atoms with Gasteiger partial charge in [-0.15, -0.1) is 11.6 Å². The van der Waals surface area contributed by atoms with Gasteiger partial charge < -0.3 is 0 Å². The Bertz CT molecular complexity index is 351. The predicted molar refractivity (Wildman–Crippen MR) is 63.3 cm³/mol. The third kappa shape index (κ3) is 2.05. The highest BCUT2D eigenvalue weighted by molar-refractivity contribution is 6.21. The lowest BCUT2D eigenvalue weighted by Crippen LogP contribution is -2.17. The van der Waals surface area contributed by atoms with Crippen LogP contribution in [0.25, 0.3) is 0 Å². The average Bonchev–Trinajstić information content (AvgIpc) is 2.88. The Hall–Kier alpha value is -0.500. The van der Waals surface area contributed by atoms with Crippen LogP contribution in [0.1, 0.15) is 38.1 Å². The highest BCUT2D eigenvalue weighted by Gasteiger charge is 2.47. The number of nitrogens with zero attached hydrogens (tertiary/aromatic N) is 2. The van der Waals surface area contributed by atoms with E-state index in [9.17, 15) is 0 Å². The fraction of sp³-hybridized carbons (Fsp3) is 0.750. The minimum atomic E-state index is 0.275. The number of aromatic nitrogens is 2. The zero-order valence-corrected chi connectivity index (χ0v) is 10.5. The van der Waals surface area contributed by atoms with Gasteiger partial charge in [-0.05, 0) is 44.1 Å². The maximum absolute atomic E-state index is 6.25. The topological polar surface area (TPSA) is 17.8 Å². The zero-order valence-electron chi connectivity index (χ0n) is 9.76. The normalized spacial score (nSPS) is 20.3. The Kier molecular flexibility index (Phi) is 2.80. The van der Waals surface area contributed by atoms with Gasteiger partial charge in [0.2, 0.25) is 0 Å². The van der Waals surface area contributed by atoms with Crippen molar-refractivity contribution in [1.29, 1.82) is 0 Å². The van der Waals surface area contributed by atoms with Gasteiger partial charge in [0.15, 0.2) is 0 Å². The lowest BCUT2D eigenvalue weighted by molar-refractivity contribution is 0.476. The van der Waals surface area contributed by atoms with Crippen LogP contribution in [-0.2, 0) is 19.9 Å². The molecule has 0 N–H and O–H groups in total. The van der Waals surface area contributed by atoms with Crippen molar-refractivity contribution >= 4 is 11.6 Å². The first kappa shape index (κ1) is 11.0. The molecule has 0 aromatic carbocycles. The van der Waals surface area contributed by atoms with Gasteiger partial charge in [0.1, 0.15) is 0 Å². The number of alkyl halides is 1. The van der Waals surface area contributed by atoms with Crippen molar-refractivity contribution in [3.8, 4) is 0 Å². The number of halogens is 1. The second kappa shape index (κ2) is 3.82. The largest absolute Gasteiger partial charge is 0.272 e. The number of hydrogen-bond acceptors (Lipinski definition) is 1. The van der Waals surface area contributed by atoms with Crippen LogP contribution < -0.4 is 0 Å². The Morgan fingerprint density at radius 1 is 1.60 bits per heavy atom. The van der Waals surface area contributed by atoms with E-state index in [1.165, 1.54) is 24.2 Å². The van der Waals surface area contributed by atoms with Crippen molar-refractivity contribution in [3.05, 3.63) is 17.5 Å². The van der Waals surface area contributed by atoms with Gasteiger partial charge in [0.05, 0.1) is 5.69 Å². The molecule has 15 heavy (non-hydrogen) atoms. The van der Waals surface area contributed by atoms with Crippen molar-refractivity contribution in [2.75, 3.05) is 0 Å². The Morgan fingerprint density at radius 3 is 2.67 bits per heavy atom. The van der Waals surface area contributed by atoms with Gasteiger partial charge >= 0.3 is 0 Å². The van der Waals surface area contributed by atoms with Crippen molar-refractivity contribution < 1.29 is 0 Å². The summed E-state index contributed by atoms with van der Waals surface area (Å²) in [5, 5.41) is 4.75. The molecule has 0 spiro atoms. The molecule has 0 bridgehead atoms. The first-order valence-corrected chi connectivity index (χ1v) is 6.17. The van der Waals surface area contributed by atoms with E-state index in [0.29, 0.717) is 5.41 Å². The van der Waals surface area contributed by atoms with Gasteiger partial charge in [-0.3, -0.25) is 4.68 Å². The number of rotatable bonds is 4. The van der Waals surface area contributed by atoms with Gasteiger partial charge in [0, 0.05) is 18.1 Å². The van der Waals surface area contributed by atoms with Gasteiger partial charge in [-0.25, -0.2) is 0 Å². The number of hydrogen-bond donors (Lipinski definition) is 0. The lowest BCUT2D eigenvalue weighted by Gasteiger charge is -2.17. The van der Waals surface area contributed by atoms with Gasteiger partial charge in [-0.2, -0.15) is 5.10 Å². The van der Waals surface area contributed by atoms with Crippen LogP contribution >= 0.6 is 11.6 Å². The van der Waals surface area contributed by atoms with Crippen LogP contribution in [0.4, 0.5) is 0 Å². The molecule has 2 rings (SSSR count). The summed E-state index contributed by atoms with van der Waals surface area (Å²) in [7, 11) is 2.03. The molecule has 3 heteroatoms. The standard InChI is InChI=1S/C12H19ClN2/c1-4-10-7-11(15(3)14-10)8-12(5-6-12)9(2)13/h7,9H,4-6,8H2,1-3H3. The van der Waals surface area contributed by atoms with E-state index in [2.05, 4.69) is 25.0 Å². The SMILES string of the molecule is CCc1cc(CC2(C(C)Cl)CC2)n(C)n1. The van der Waals surface area contributed by atoms with E-state index in [0.717, 1.165) is 12.8 Å². The summed E-state index contributed by atoms with van der Waals surface area (Å²) in [6.07, 6.45) is 4.63. The van der Waals surface area contributed by atoms with Crippen LogP contribution in [0.15, 0.2) is 6.07 Å². The molecule has 1 fully saturated rings. The second-order valence-corrected chi connectivity index (χ2v) is 5.41. The van der Waals surface area contributed by atoms with E-state index >= 15 is 0 Å². The summed E-state index contributed by atoms with van der Waals surface area (Å²) in [5.41, 5.74) is 2.88. The lowest BCUT2D eigenvalue weighted by atomic mass is 9.96. The molecule has 0 radical (unpaired) electrons. The molecule has 1 heterocycles. The van der Waals surface area contributed by atoms with Crippen LogP contribution in [0.2, 0.25) is 0 Å². The first-order chi connectivity index (χ1) is 7.07. The highest BCUT2D eigenvalue weighted by Crippen LogP contribution is 2.53. The molecule has 1 aromatic heterocycles. The average molecular weight is 227 g/mol. The molecule has 2 nitrogen and oxygen atoms in total. The molecule has 1 unspecified atom stereocenters. The Labute approximate surface area is 96.6 Å². The van der Waals surface area contributed by atoms with E-state index in [1.54, 1.807) is 0 Å². The molecule has 1 saturated carbocycles. The van der Waals surface area contributed by atoms with Crippen molar-refractivity contribution in [3.63, 3.8) is 0 Å². The zero-order chi connectivity index (χ0) is 11.1. The summed E-state index contributed by atoms with van der Waals surface area (Å²) < 4.78 is 2.01. The molecule has 0 amide bonds. The van der Waals surface area contributed by atoms with E-state index in [-0.39, 0.29) is 5.38 Å². The van der Waals surface area contributed by atoms with Gasteiger partial charge in [-0.1, -0.05) is 6.92 Å². The molecule has 1 aliphatic rings. The van der Waals surface area contributed by atoms with E-state index in [4.69, 9.17) is 11.6 Å². The highest BCUT2D eigenvalue weighted by atomic mass is 35.5. The minimum absolute atomic E-state index is 0.275. The molecule has 0 aliphatic heterocycles. The van der Waals surface area contributed by atoms with Crippen LogP contribution in [0.3, 0.4) is 0 Å². The molecular weight excluding hydrogens is 208 g/mol. The van der Waals surface area contributed by atoms with Crippen molar-refractivity contribution in [1.82, 2.24) is 9.78 Å². The molecule has 84 valence electrons. The summed E-state index contributed by atoms with van der Waals surface area (Å²) in [6.45, 7) is 4.26. The molecule has 1 atom stereocenters. The van der Waals surface area contributed by atoms with E-state index in [1.807, 2.05) is 11.7 Å². The molecule has 1 aromatic rings. The maximum atomic E-state index is 6.25. The van der Waals surface area contributed by atoms with Crippen LogP contribution in [0, 0.1) is 5.41 Å². The summed E-state index contributed by atoms with van der Waals surface area (Å²) in [4.78, 5) is 0. The first-order valence-electron chi connectivity index (χ1n) is 5.73. The molecule has 0 saturated heterocycles. The Balaban J connectivity index is 2.14.